The quantitative estimate of drug-likeness (QED) is 0.898. The number of amides is 1. The Bertz CT molecular complexity index is 601. The van der Waals surface area contributed by atoms with Gasteiger partial charge in [0.05, 0.1) is 11.7 Å². The maximum Gasteiger partial charge on any atom is 0.274 e. The minimum Gasteiger partial charge on any atom is -0.346 e. The zero-order valence-electron chi connectivity index (χ0n) is 12.0. The minimum atomic E-state index is -0.154. The monoisotopic (exact) mass is 305 g/mol. The molecule has 0 atom stereocenters. The molecule has 1 amide bonds. The lowest BCUT2D eigenvalue weighted by Crippen LogP contribution is -2.30. The average molecular weight is 305 g/mol. The third-order valence-electron chi connectivity index (χ3n) is 3.83. The van der Waals surface area contributed by atoms with Crippen LogP contribution in [0.3, 0.4) is 0 Å². The fourth-order valence-corrected chi connectivity index (χ4v) is 3.28. The van der Waals surface area contributed by atoms with E-state index in [2.05, 4.69) is 20.9 Å². The summed E-state index contributed by atoms with van der Waals surface area (Å²) in [5, 5.41) is 18.5. The van der Waals surface area contributed by atoms with Gasteiger partial charge in [-0.25, -0.2) is 4.68 Å². The molecule has 7 heteroatoms. The molecular formula is C14H19N5OS. The normalized spacial score (nSPS) is 16.0. The number of carbonyl (C=O) groups is 1. The lowest BCUT2D eigenvalue weighted by Gasteiger charge is -2.23. The number of hydrogen-bond acceptors (Lipinski definition) is 5. The summed E-state index contributed by atoms with van der Waals surface area (Å²) in [6.45, 7) is 4.43. The van der Waals surface area contributed by atoms with Crippen LogP contribution in [0.25, 0.3) is 0 Å². The van der Waals surface area contributed by atoms with Gasteiger partial charge in [0.2, 0.25) is 0 Å². The summed E-state index contributed by atoms with van der Waals surface area (Å²) in [6, 6.07) is 2.35. The Morgan fingerprint density at radius 1 is 1.52 bits per heavy atom. The van der Waals surface area contributed by atoms with Crippen molar-refractivity contribution < 1.29 is 4.79 Å². The van der Waals surface area contributed by atoms with Crippen molar-refractivity contribution in [1.82, 2.24) is 25.6 Å². The molecule has 1 aliphatic heterocycles. The second-order valence-corrected chi connectivity index (χ2v) is 6.04. The maximum atomic E-state index is 12.2. The summed E-state index contributed by atoms with van der Waals surface area (Å²) in [5.74, 6) is -0.154. The van der Waals surface area contributed by atoms with Crippen LogP contribution in [-0.4, -0.2) is 34.0 Å². The molecule has 1 fully saturated rings. The van der Waals surface area contributed by atoms with Crippen molar-refractivity contribution in [2.24, 2.45) is 0 Å². The van der Waals surface area contributed by atoms with Crippen LogP contribution < -0.4 is 10.6 Å². The van der Waals surface area contributed by atoms with E-state index in [0.717, 1.165) is 37.2 Å². The molecule has 0 aliphatic carbocycles. The standard InChI is InChI=1S/C14H19N5OS/c1-10-13(14(20)16-8-11-4-7-21-9-11)17-18-19(10)12-2-5-15-6-3-12/h4,7,9,12,15H,2-3,5-6,8H2,1H3,(H,16,20). The molecule has 2 N–H and O–H groups in total. The van der Waals surface area contributed by atoms with Gasteiger partial charge in [-0.3, -0.25) is 4.79 Å². The van der Waals surface area contributed by atoms with Crippen molar-refractivity contribution >= 4 is 17.2 Å². The molecule has 0 radical (unpaired) electrons. The Kier molecular flexibility index (Phi) is 4.31. The van der Waals surface area contributed by atoms with Gasteiger partial charge in [0.25, 0.3) is 5.91 Å². The van der Waals surface area contributed by atoms with Crippen LogP contribution in [0.5, 0.6) is 0 Å². The van der Waals surface area contributed by atoms with Gasteiger partial charge in [0.15, 0.2) is 5.69 Å². The van der Waals surface area contributed by atoms with E-state index >= 15 is 0 Å². The third kappa shape index (κ3) is 3.14. The fourth-order valence-electron chi connectivity index (χ4n) is 2.61. The van der Waals surface area contributed by atoms with E-state index in [1.807, 2.05) is 28.4 Å². The molecule has 0 bridgehead atoms. The molecule has 3 heterocycles. The average Bonchev–Trinajstić information content (AvgIpc) is 3.15. The number of rotatable bonds is 4. The SMILES string of the molecule is Cc1c(C(=O)NCc2ccsc2)nnn1C1CCNCC1. The van der Waals surface area contributed by atoms with Crippen molar-refractivity contribution in [1.29, 1.82) is 0 Å². The van der Waals surface area contributed by atoms with Crippen LogP contribution in [-0.2, 0) is 6.54 Å². The van der Waals surface area contributed by atoms with E-state index in [1.165, 1.54) is 0 Å². The van der Waals surface area contributed by atoms with Crippen LogP contribution in [0.2, 0.25) is 0 Å². The van der Waals surface area contributed by atoms with Gasteiger partial charge in [0.1, 0.15) is 0 Å². The number of nitrogens with zero attached hydrogens (tertiary/aromatic N) is 3. The van der Waals surface area contributed by atoms with Gasteiger partial charge in [-0.1, -0.05) is 5.21 Å². The van der Waals surface area contributed by atoms with E-state index in [0.29, 0.717) is 18.3 Å². The minimum absolute atomic E-state index is 0.154. The molecule has 1 saturated heterocycles. The smallest absolute Gasteiger partial charge is 0.274 e. The second kappa shape index (κ2) is 6.36. The molecule has 2 aromatic rings. The van der Waals surface area contributed by atoms with Gasteiger partial charge in [-0.2, -0.15) is 11.3 Å². The molecule has 21 heavy (non-hydrogen) atoms. The van der Waals surface area contributed by atoms with Gasteiger partial charge >= 0.3 is 0 Å². The predicted octanol–water partition coefficient (Wildman–Crippen LogP) is 1.50. The Labute approximate surface area is 127 Å². The zero-order chi connectivity index (χ0) is 14.7. The summed E-state index contributed by atoms with van der Waals surface area (Å²) in [4.78, 5) is 12.2. The molecule has 0 spiro atoms. The fraction of sp³-hybridized carbons (Fsp3) is 0.500. The molecule has 2 aromatic heterocycles. The van der Waals surface area contributed by atoms with Crippen molar-refractivity contribution in [2.75, 3.05) is 13.1 Å². The van der Waals surface area contributed by atoms with E-state index in [4.69, 9.17) is 0 Å². The second-order valence-electron chi connectivity index (χ2n) is 5.26. The van der Waals surface area contributed by atoms with Gasteiger partial charge in [-0.05, 0) is 55.2 Å². The van der Waals surface area contributed by atoms with Crippen LogP contribution in [0.15, 0.2) is 16.8 Å². The Balaban J connectivity index is 1.67. The Morgan fingerprint density at radius 3 is 3.05 bits per heavy atom. The van der Waals surface area contributed by atoms with Crippen molar-refractivity contribution in [3.8, 4) is 0 Å². The van der Waals surface area contributed by atoms with E-state index in [-0.39, 0.29) is 5.91 Å². The summed E-state index contributed by atoms with van der Waals surface area (Å²) in [6.07, 6.45) is 2.06. The number of thiophene rings is 1. The first-order chi connectivity index (χ1) is 10.3. The largest absolute Gasteiger partial charge is 0.346 e. The molecule has 6 nitrogen and oxygen atoms in total. The number of hydrogen-bond donors (Lipinski definition) is 2. The first kappa shape index (κ1) is 14.2. The lowest BCUT2D eigenvalue weighted by molar-refractivity contribution is 0.0945. The highest BCUT2D eigenvalue weighted by atomic mass is 32.1. The van der Waals surface area contributed by atoms with Crippen LogP contribution in [0.4, 0.5) is 0 Å². The van der Waals surface area contributed by atoms with Crippen LogP contribution in [0, 0.1) is 6.92 Å². The van der Waals surface area contributed by atoms with Crippen molar-refractivity contribution in [3.63, 3.8) is 0 Å². The van der Waals surface area contributed by atoms with Crippen LogP contribution >= 0.6 is 11.3 Å². The van der Waals surface area contributed by atoms with Crippen LogP contribution in [0.1, 0.15) is 40.6 Å². The Morgan fingerprint density at radius 2 is 2.33 bits per heavy atom. The predicted molar refractivity (Wildman–Crippen MR) is 81.4 cm³/mol. The number of aromatic nitrogens is 3. The summed E-state index contributed by atoms with van der Waals surface area (Å²) in [5.41, 5.74) is 2.39. The molecule has 0 unspecified atom stereocenters. The van der Waals surface area contributed by atoms with E-state index in [1.54, 1.807) is 11.3 Å². The van der Waals surface area contributed by atoms with E-state index in [9.17, 15) is 4.79 Å². The zero-order valence-corrected chi connectivity index (χ0v) is 12.8. The first-order valence-corrected chi connectivity index (χ1v) is 8.12. The highest BCUT2D eigenvalue weighted by molar-refractivity contribution is 7.07. The highest BCUT2D eigenvalue weighted by Crippen LogP contribution is 2.20. The topological polar surface area (TPSA) is 71.8 Å². The molecule has 112 valence electrons. The highest BCUT2D eigenvalue weighted by Gasteiger charge is 2.22. The lowest BCUT2D eigenvalue weighted by atomic mass is 10.1. The van der Waals surface area contributed by atoms with E-state index < -0.39 is 0 Å². The summed E-state index contributed by atoms with van der Waals surface area (Å²) >= 11 is 1.62. The van der Waals surface area contributed by atoms with Gasteiger partial charge in [0, 0.05) is 6.54 Å². The number of carbonyl (C=O) groups excluding carboxylic acids is 1. The first-order valence-electron chi connectivity index (χ1n) is 7.17. The van der Waals surface area contributed by atoms with Gasteiger partial charge in [-0.15, -0.1) is 5.10 Å². The molecular weight excluding hydrogens is 286 g/mol. The summed E-state index contributed by atoms with van der Waals surface area (Å²) < 4.78 is 1.90. The van der Waals surface area contributed by atoms with Gasteiger partial charge < -0.3 is 10.6 Å². The third-order valence-corrected chi connectivity index (χ3v) is 4.56. The maximum absolute atomic E-state index is 12.2. The van der Waals surface area contributed by atoms with Crippen molar-refractivity contribution in [3.05, 3.63) is 33.8 Å². The summed E-state index contributed by atoms with van der Waals surface area (Å²) in [7, 11) is 0. The molecule has 0 saturated carbocycles. The Hall–Kier alpha value is -1.73. The molecule has 1 aliphatic rings. The molecule has 3 rings (SSSR count). The number of nitrogens with one attached hydrogen (secondary N) is 2. The van der Waals surface area contributed by atoms with Crippen molar-refractivity contribution in [2.45, 2.75) is 32.4 Å². The molecule has 0 aromatic carbocycles. The number of piperidine rings is 1.